The van der Waals surface area contributed by atoms with Crippen LogP contribution in [0.5, 0.6) is 5.75 Å². The molecular weight excluding hydrogens is 418 g/mol. The quantitative estimate of drug-likeness (QED) is 0.438. The van der Waals surface area contributed by atoms with Crippen molar-refractivity contribution in [3.63, 3.8) is 0 Å². The number of amides is 1. The number of aromatic nitrogens is 2. The number of hydrogen-bond donors (Lipinski definition) is 0. The molecule has 0 aliphatic carbocycles. The summed E-state index contributed by atoms with van der Waals surface area (Å²) in [6.07, 6.45) is 3.57. The third kappa shape index (κ3) is 3.84. The van der Waals surface area contributed by atoms with Gasteiger partial charge in [0, 0.05) is 41.7 Å². The van der Waals surface area contributed by atoms with Crippen LogP contribution >= 0.6 is 0 Å². The van der Waals surface area contributed by atoms with Crippen LogP contribution in [-0.4, -0.2) is 34.1 Å². The number of methoxy groups -OCH3 is 1. The van der Waals surface area contributed by atoms with Gasteiger partial charge in [-0.2, -0.15) is 0 Å². The van der Waals surface area contributed by atoms with Crippen LogP contribution in [0.4, 0.5) is 5.69 Å². The zero-order chi connectivity index (χ0) is 23.9. The van der Waals surface area contributed by atoms with Gasteiger partial charge in [-0.05, 0) is 30.3 Å². The Morgan fingerprint density at radius 3 is 2.27 bits per heavy atom. The van der Waals surface area contributed by atoms with Crippen LogP contribution in [0.25, 0.3) is 11.4 Å². The molecule has 1 aliphatic heterocycles. The zero-order valence-electron chi connectivity index (χ0n) is 19.4. The first-order valence-corrected chi connectivity index (χ1v) is 10.8. The lowest BCUT2D eigenvalue weighted by molar-refractivity contribution is -0.141. The van der Waals surface area contributed by atoms with E-state index >= 15 is 0 Å². The minimum absolute atomic E-state index is 0.274. The maximum absolute atomic E-state index is 13.4. The molecule has 7 heteroatoms. The lowest BCUT2D eigenvalue weighted by atomic mass is 9.77. The lowest BCUT2D eigenvalue weighted by Crippen LogP contribution is -2.36. The number of para-hydroxylation sites is 1. The fourth-order valence-electron chi connectivity index (χ4n) is 4.32. The van der Waals surface area contributed by atoms with Crippen molar-refractivity contribution in [3.05, 3.63) is 66.5 Å². The van der Waals surface area contributed by atoms with Crippen molar-refractivity contribution in [2.75, 3.05) is 12.0 Å². The van der Waals surface area contributed by atoms with Gasteiger partial charge < -0.3 is 9.30 Å². The third-order valence-electron chi connectivity index (χ3n) is 6.01. The number of ether oxygens (including phenoxy) is 1. The van der Waals surface area contributed by atoms with Crippen LogP contribution < -0.4 is 9.64 Å². The third-order valence-corrected chi connectivity index (χ3v) is 6.01. The maximum Gasteiger partial charge on any atom is 0.295 e. The number of ketones is 2. The Kier molecular flexibility index (Phi) is 5.66. The van der Waals surface area contributed by atoms with Crippen LogP contribution in [0.15, 0.2) is 60.9 Å². The van der Waals surface area contributed by atoms with Crippen molar-refractivity contribution < 1.29 is 19.1 Å². The van der Waals surface area contributed by atoms with Crippen LogP contribution in [0, 0.1) is 11.3 Å². The molecule has 1 aliphatic rings. The maximum atomic E-state index is 13.4. The Morgan fingerprint density at radius 1 is 1.03 bits per heavy atom. The average Bonchev–Trinajstić information content (AvgIpc) is 3.33. The summed E-state index contributed by atoms with van der Waals surface area (Å²) >= 11 is 0. The Bertz CT molecular complexity index is 1220. The minimum Gasteiger partial charge on any atom is -0.496 e. The summed E-state index contributed by atoms with van der Waals surface area (Å²) in [5.74, 6) is -1.48. The number of carbonyl (C=O) groups is 3. The number of hydrogen-bond acceptors (Lipinski definition) is 5. The molecule has 2 aromatic carbocycles. The first kappa shape index (κ1) is 22.5. The second-order valence-electron chi connectivity index (χ2n) is 9.23. The average molecular weight is 446 g/mol. The van der Waals surface area contributed by atoms with E-state index in [1.165, 1.54) is 12.0 Å². The van der Waals surface area contributed by atoms with E-state index in [2.05, 4.69) is 4.98 Å². The van der Waals surface area contributed by atoms with Gasteiger partial charge in [0.05, 0.1) is 13.2 Å². The number of nitrogens with zero attached hydrogens (tertiary/aromatic N) is 3. The van der Waals surface area contributed by atoms with Crippen LogP contribution in [0.2, 0.25) is 0 Å². The predicted molar refractivity (Wildman–Crippen MR) is 125 cm³/mol. The largest absolute Gasteiger partial charge is 0.496 e. The van der Waals surface area contributed by atoms with E-state index in [0.717, 1.165) is 11.4 Å². The molecule has 2 heterocycles. The van der Waals surface area contributed by atoms with Crippen LogP contribution in [0.1, 0.15) is 32.4 Å². The van der Waals surface area contributed by atoms with E-state index in [-0.39, 0.29) is 5.78 Å². The van der Waals surface area contributed by atoms with E-state index in [4.69, 9.17) is 4.74 Å². The van der Waals surface area contributed by atoms with Gasteiger partial charge in [0.15, 0.2) is 5.78 Å². The highest BCUT2D eigenvalue weighted by Gasteiger charge is 2.54. The number of carbonyl (C=O) groups excluding carboxylic acids is 3. The molecule has 170 valence electrons. The normalized spacial score (nSPS) is 18.6. The highest BCUT2D eigenvalue weighted by atomic mass is 16.5. The molecule has 1 fully saturated rings. The van der Waals surface area contributed by atoms with Gasteiger partial charge in [-0.15, -0.1) is 0 Å². The van der Waals surface area contributed by atoms with Crippen molar-refractivity contribution in [1.29, 1.82) is 0 Å². The number of imidazole rings is 1. The lowest BCUT2D eigenvalue weighted by Gasteiger charge is -2.30. The summed E-state index contributed by atoms with van der Waals surface area (Å²) in [6.45, 7) is 5.28. The summed E-state index contributed by atoms with van der Waals surface area (Å²) in [4.78, 5) is 45.6. The molecule has 0 radical (unpaired) electrons. The van der Waals surface area contributed by atoms with Crippen molar-refractivity contribution in [1.82, 2.24) is 9.55 Å². The molecule has 1 amide bonds. The van der Waals surface area contributed by atoms with Gasteiger partial charge >= 0.3 is 0 Å². The Labute approximate surface area is 193 Å². The smallest absolute Gasteiger partial charge is 0.295 e. The minimum atomic E-state index is -1.12. The number of benzene rings is 2. The molecule has 7 nitrogen and oxygen atoms in total. The second-order valence-corrected chi connectivity index (χ2v) is 9.23. The molecule has 2 atom stereocenters. The highest BCUT2D eigenvalue weighted by Crippen LogP contribution is 2.45. The molecule has 2 unspecified atom stereocenters. The summed E-state index contributed by atoms with van der Waals surface area (Å²) < 4.78 is 7.43. The van der Waals surface area contributed by atoms with Crippen molar-refractivity contribution in [3.8, 4) is 17.1 Å². The van der Waals surface area contributed by atoms with Gasteiger partial charge in [0.1, 0.15) is 17.5 Å². The summed E-state index contributed by atoms with van der Waals surface area (Å²) in [7, 11) is 3.43. The number of anilines is 1. The zero-order valence-corrected chi connectivity index (χ0v) is 19.4. The van der Waals surface area contributed by atoms with Gasteiger partial charge in [0.2, 0.25) is 5.78 Å². The molecule has 0 spiro atoms. The first-order chi connectivity index (χ1) is 15.6. The summed E-state index contributed by atoms with van der Waals surface area (Å²) in [6, 6.07) is 13.7. The molecule has 3 aromatic rings. The highest BCUT2D eigenvalue weighted by molar-refractivity contribution is 6.48. The fourth-order valence-corrected chi connectivity index (χ4v) is 4.32. The topological polar surface area (TPSA) is 81.5 Å². The van der Waals surface area contributed by atoms with Crippen molar-refractivity contribution >= 4 is 23.2 Å². The van der Waals surface area contributed by atoms with E-state index < -0.39 is 29.1 Å². The van der Waals surface area contributed by atoms with E-state index in [0.29, 0.717) is 17.0 Å². The number of aryl methyl sites for hydroxylation is 1. The number of rotatable bonds is 5. The van der Waals surface area contributed by atoms with Gasteiger partial charge in [-0.3, -0.25) is 19.3 Å². The molecule has 1 aromatic heterocycles. The number of Topliss-reactive ketones (excluding diaryl/α,β-unsaturated/α-hetero) is 2. The van der Waals surface area contributed by atoms with Gasteiger partial charge in [0.25, 0.3) is 5.91 Å². The Morgan fingerprint density at radius 2 is 1.70 bits per heavy atom. The molecule has 4 rings (SSSR count). The molecule has 1 saturated heterocycles. The fraction of sp³-hybridized carbons (Fsp3) is 0.308. The standard InChI is InChI=1S/C26H27N3O4/c1-26(2,3)23(31)20-21(18-8-6-7-9-19(18)33-5)29(25(32)22(20)30)17-12-10-16(11-13-17)24-27-14-15-28(24)4/h6-15,20-21H,1-5H3. The SMILES string of the molecule is COc1ccccc1C1C(C(=O)C(C)(C)C)C(=O)C(=O)N1c1ccc(-c2nccn2C)cc1. The van der Waals surface area contributed by atoms with Crippen molar-refractivity contribution in [2.45, 2.75) is 26.8 Å². The monoisotopic (exact) mass is 445 g/mol. The summed E-state index contributed by atoms with van der Waals surface area (Å²) in [5, 5.41) is 0. The van der Waals surface area contributed by atoms with E-state index in [1.54, 1.807) is 51.2 Å². The molecule has 0 saturated carbocycles. The van der Waals surface area contributed by atoms with Gasteiger partial charge in [-0.25, -0.2) is 4.98 Å². The summed E-state index contributed by atoms with van der Waals surface area (Å²) in [5.41, 5.74) is 1.24. The van der Waals surface area contributed by atoms with Crippen LogP contribution in [-0.2, 0) is 21.4 Å². The van der Waals surface area contributed by atoms with E-state index in [9.17, 15) is 14.4 Å². The Hall–Kier alpha value is -3.74. The second kappa shape index (κ2) is 8.31. The molecule has 0 N–H and O–H groups in total. The molecular formula is C26H27N3O4. The van der Waals surface area contributed by atoms with E-state index in [1.807, 2.05) is 42.1 Å². The first-order valence-electron chi connectivity index (χ1n) is 10.8. The van der Waals surface area contributed by atoms with Crippen molar-refractivity contribution in [2.24, 2.45) is 18.4 Å². The molecule has 33 heavy (non-hydrogen) atoms. The Balaban J connectivity index is 1.85. The van der Waals surface area contributed by atoms with Crippen LogP contribution in [0.3, 0.4) is 0 Å². The predicted octanol–water partition coefficient (Wildman–Crippen LogP) is 3.98. The molecule has 0 bridgehead atoms. The van der Waals surface area contributed by atoms with Gasteiger partial charge in [-0.1, -0.05) is 39.0 Å².